The van der Waals surface area contributed by atoms with Crippen LogP contribution in [0, 0.1) is 0 Å². The van der Waals surface area contributed by atoms with Crippen molar-refractivity contribution in [1.29, 1.82) is 0 Å². The molecule has 8 heteroatoms. The molecule has 0 bridgehead atoms. The fraction of sp³-hybridized carbons (Fsp3) is 0.556. The molecule has 17 heavy (non-hydrogen) atoms. The van der Waals surface area contributed by atoms with E-state index in [-0.39, 0.29) is 81.6 Å². The Kier molecular flexibility index (Phi) is 91.9. The van der Waals surface area contributed by atoms with Gasteiger partial charge in [-0.3, -0.25) is 0 Å². The molecule has 0 spiro atoms. The van der Waals surface area contributed by atoms with Crippen LogP contribution in [-0.2, 0) is 0 Å². The van der Waals surface area contributed by atoms with Crippen LogP contribution in [0.5, 0.6) is 0 Å². The van der Waals surface area contributed by atoms with Gasteiger partial charge in [-0.1, -0.05) is 53.9 Å². The van der Waals surface area contributed by atoms with Crippen LogP contribution in [0.3, 0.4) is 0 Å². The molecule has 96 valence electrons. The van der Waals surface area contributed by atoms with Gasteiger partial charge in [0.05, 0.1) is 0 Å². The maximum Gasteiger partial charge on any atom is 1.00 e. The monoisotopic (exact) mass is 520 g/mol. The van der Waals surface area contributed by atoms with Crippen LogP contribution < -0.4 is 76.1 Å². The molecule has 2 nitrogen and oxygen atoms in total. The number of aliphatic hydroxyl groups excluding tert-OH is 1. The van der Waals surface area contributed by atoms with Crippen molar-refractivity contribution >= 4 is 47.8 Å². The second kappa shape index (κ2) is 36.5. The van der Waals surface area contributed by atoms with E-state index in [1.807, 2.05) is 33.8 Å². The van der Waals surface area contributed by atoms with Crippen LogP contribution in [0.15, 0.2) is 19.5 Å². The van der Waals surface area contributed by atoms with Crippen LogP contribution in [0.25, 0.3) is 0 Å². The number of halogens is 4. The van der Waals surface area contributed by atoms with Crippen molar-refractivity contribution in [3.05, 3.63) is 19.5 Å². The Labute approximate surface area is 186 Å². The van der Waals surface area contributed by atoms with Gasteiger partial charge >= 0.3 is 59.1 Å². The number of rotatable bonds is 0. The maximum absolute atomic E-state index is 7.00. The Morgan fingerprint density at radius 1 is 0.882 bits per heavy atom. The first-order chi connectivity index (χ1) is 5.91. The van der Waals surface area contributed by atoms with Gasteiger partial charge in [0.2, 0.25) is 0 Å². The van der Waals surface area contributed by atoms with E-state index in [0.717, 1.165) is 16.1 Å². The van der Waals surface area contributed by atoms with E-state index in [2.05, 4.69) is 47.8 Å². The average molecular weight is 524 g/mol. The molecule has 2 N–H and O–H groups in total. The van der Waals surface area contributed by atoms with Crippen molar-refractivity contribution in [2.75, 3.05) is 7.11 Å². The molecule has 0 saturated heterocycles. The van der Waals surface area contributed by atoms with Crippen LogP contribution >= 0.6 is 47.8 Å². The van der Waals surface area contributed by atoms with Crippen LogP contribution in [0.2, 0.25) is 0 Å². The average Bonchev–Trinajstić information content (AvgIpc) is 2.09. The molecule has 0 aliphatic rings. The summed E-state index contributed by atoms with van der Waals surface area (Å²) in [6.07, 6.45) is 2.00. The summed E-state index contributed by atoms with van der Waals surface area (Å²) in [7, 11) is 1.00. The molecular weight excluding hydrogens is 506 g/mol. The van der Waals surface area contributed by atoms with E-state index >= 15 is 0 Å². The van der Waals surface area contributed by atoms with E-state index in [1.54, 1.807) is 0 Å². The quantitative estimate of drug-likeness (QED) is 0.327. The minimum Gasteiger partial charge on any atom is -1.00 e. The molecule has 0 radical (unpaired) electrons. The summed E-state index contributed by atoms with van der Waals surface area (Å²) in [6, 6.07) is 0. The minimum absolute atomic E-state index is 0. The number of hydrogen-bond donors (Lipinski definition) is 1. The van der Waals surface area contributed by atoms with Gasteiger partial charge in [0.15, 0.2) is 0 Å². The Morgan fingerprint density at radius 3 is 1.00 bits per heavy atom. The van der Waals surface area contributed by atoms with Crippen molar-refractivity contribution in [1.82, 2.24) is 0 Å². The number of hydrogen-bond acceptors (Lipinski definition) is 2. The fourth-order valence-corrected chi connectivity index (χ4v) is 0. The van der Waals surface area contributed by atoms with Gasteiger partial charge in [-0.15, -0.1) is 0 Å². The smallest absolute Gasteiger partial charge is 1.00 e. The maximum atomic E-state index is 7.00. The number of aliphatic hydroxyl groups is 1. The molecule has 0 fully saturated rings. The zero-order valence-electron chi connectivity index (χ0n) is 11.5. The fourth-order valence-electron chi connectivity index (χ4n) is 0. The molecule has 0 aliphatic carbocycles. The third kappa shape index (κ3) is 66.7. The van der Waals surface area contributed by atoms with E-state index in [0.29, 0.717) is 0 Å². The summed E-state index contributed by atoms with van der Waals surface area (Å²) in [6.45, 7) is 7.97. The first-order valence-electron chi connectivity index (χ1n) is 3.63. The Hall–Kier alpha value is 3.32. The van der Waals surface area contributed by atoms with E-state index in [4.69, 9.17) is 5.11 Å². The SMILES string of the molecule is C/C(Br)=C(/C)Br.C/C=C(\C)Br.CO.[Br-].[Na+].[Na+].[OH-]. The van der Waals surface area contributed by atoms with Crippen LogP contribution in [-0.4, -0.2) is 17.7 Å². The molecule has 0 aromatic carbocycles. The van der Waals surface area contributed by atoms with Crippen molar-refractivity contribution in [2.24, 2.45) is 0 Å². The van der Waals surface area contributed by atoms with Gasteiger partial charge in [0, 0.05) is 16.1 Å². The molecule has 0 amide bonds. The third-order valence-corrected chi connectivity index (χ3v) is 3.05. The van der Waals surface area contributed by atoms with Crippen molar-refractivity contribution < 1.29 is 86.7 Å². The van der Waals surface area contributed by atoms with Gasteiger partial charge < -0.3 is 27.6 Å². The summed E-state index contributed by atoms with van der Waals surface area (Å²) >= 11 is 9.78. The van der Waals surface area contributed by atoms with Gasteiger partial charge in [-0.2, -0.15) is 0 Å². The topological polar surface area (TPSA) is 50.2 Å². The van der Waals surface area contributed by atoms with Gasteiger partial charge in [-0.25, -0.2) is 0 Å². The molecule has 0 unspecified atom stereocenters. The van der Waals surface area contributed by atoms with Gasteiger partial charge in [-0.05, 0) is 32.2 Å². The standard InChI is InChI=1S/C4H6Br2.C4H7Br.CH4O.BrH.2Na.H2O/c1-3(5)4(2)6;1-3-4(2)5;1-2;;;;/h1-2H3;3H,1-2H3;2H,1H3;1H;;;1H2/q;;;;2*+1;/p-2/b2*4-3+;;;;;. The van der Waals surface area contributed by atoms with Crippen molar-refractivity contribution in [2.45, 2.75) is 27.7 Å². The van der Waals surface area contributed by atoms with Crippen LogP contribution in [0.4, 0.5) is 0 Å². The van der Waals surface area contributed by atoms with E-state index in [9.17, 15) is 0 Å². The summed E-state index contributed by atoms with van der Waals surface area (Å²) < 4.78 is 3.50. The van der Waals surface area contributed by atoms with Crippen molar-refractivity contribution in [3.63, 3.8) is 0 Å². The molecule has 0 aromatic heterocycles. The first kappa shape index (κ1) is 42.7. The minimum atomic E-state index is 0. The summed E-state index contributed by atoms with van der Waals surface area (Å²) in [4.78, 5) is 0. The molecule has 0 atom stereocenters. The first-order valence-corrected chi connectivity index (χ1v) is 6.01. The Balaban J connectivity index is -0.0000000171. The Morgan fingerprint density at radius 2 is 1.00 bits per heavy atom. The largest absolute Gasteiger partial charge is 1.00 e. The molecule has 0 heterocycles. The predicted octanol–water partition coefficient (Wildman–Crippen LogP) is -4.22. The van der Waals surface area contributed by atoms with Gasteiger partial charge in [0.25, 0.3) is 0 Å². The van der Waals surface area contributed by atoms with Gasteiger partial charge in [0.1, 0.15) is 0 Å². The Bertz CT molecular complexity index is 154. The second-order valence-electron chi connectivity index (χ2n) is 1.94. The number of allylic oxidation sites excluding steroid dienone is 4. The van der Waals surface area contributed by atoms with Crippen molar-refractivity contribution in [3.8, 4) is 0 Å². The summed E-state index contributed by atoms with van der Waals surface area (Å²) in [5, 5.41) is 7.00. The predicted molar refractivity (Wildman–Crippen MR) is 74.7 cm³/mol. The second-order valence-corrected chi connectivity index (χ2v) is 5.57. The molecule has 0 aromatic rings. The molecule has 0 rings (SSSR count). The normalized spacial score (nSPS) is 8.88. The molecular formula is C9H18Br4Na2O2. The zero-order chi connectivity index (χ0) is 11.4. The molecule has 0 saturated carbocycles. The van der Waals surface area contributed by atoms with E-state index in [1.165, 1.54) is 4.48 Å². The molecule has 0 aliphatic heterocycles. The summed E-state index contributed by atoms with van der Waals surface area (Å²) in [5.74, 6) is 0. The van der Waals surface area contributed by atoms with Crippen LogP contribution in [0.1, 0.15) is 27.7 Å². The summed E-state index contributed by atoms with van der Waals surface area (Å²) in [5.41, 5.74) is 0. The third-order valence-electron chi connectivity index (χ3n) is 0.872. The van der Waals surface area contributed by atoms with E-state index < -0.39 is 0 Å². The zero-order valence-corrected chi connectivity index (χ0v) is 21.8.